The SMILES string of the molecule is CC.CC.CC.CN1CCC(C(=O)OCC2=CCCC=C2)CC1. The lowest BCUT2D eigenvalue weighted by atomic mass is 9.97. The summed E-state index contributed by atoms with van der Waals surface area (Å²) in [7, 11) is 2.10. The molecule has 0 saturated carbocycles. The zero-order chi connectivity index (χ0) is 18.1. The van der Waals surface area contributed by atoms with Crippen molar-refractivity contribution in [3.63, 3.8) is 0 Å². The highest BCUT2D eigenvalue weighted by atomic mass is 16.5. The van der Waals surface area contributed by atoms with Gasteiger partial charge in [0.15, 0.2) is 0 Å². The largest absolute Gasteiger partial charge is 0.461 e. The Morgan fingerprint density at radius 3 is 2.13 bits per heavy atom. The molecule has 0 aromatic heterocycles. The van der Waals surface area contributed by atoms with Crippen LogP contribution in [0, 0.1) is 5.92 Å². The molecule has 0 radical (unpaired) electrons. The average molecular weight is 326 g/mol. The first-order valence-electron chi connectivity index (χ1n) is 9.46. The molecule has 0 spiro atoms. The summed E-state index contributed by atoms with van der Waals surface area (Å²) in [6.07, 6.45) is 10.4. The average Bonchev–Trinajstić information content (AvgIpc) is 2.66. The van der Waals surface area contributed by atoms with Crippen molar-refractivity contribution in [3.8, 4) is 0 Å². The second-order valence-corrected chi connectivity index (χ2v) is 4.94. The highest BCUT2D eigenvalue weighted by molar-refractivity contribution is 5.72. The monoisotopic (exact) mass is 325 g/mol. The number of carbonyl (C=O) groups excluding carboxylic acids is 1. The van der Waals surface area contributed by atoms with Gasteiger partial charge in [-0.3, -0.25) is 4.79 Å². The van der Waals surface area contributed by atoms with Gasteiger partial charge in [-0.25, -0.2) is 0 Å². The van der Waals surface area contributed by atoms with E-state index in [1.165, 1.54) is 0 Å². The molecular formula is C20H39NO2. The van der Waals surface area contributed by atoms with E-state index >= 15 is 0 Å². The summed E-state index contributed by atoms with van der Waals surface area (Å²) in [5.74, 6) is 0.0948. The van der Waals surface area contributed by atoms with Crippen molar-refractivity contribution >= 4 is 5.97 Å². The smallest absolute Gasteiger partial charge is 0.309 e. The van der Waals surface area contributed by atoms with Gasteiger partial charge in [-0.1, -0.05) is 59.8 Å². The van der Waals surface area contributed by atoms with E-state index in [2.05, 4.69) is 30.2 Å². The summed E-state index contributed by atoms with van der Waals surface area (Å²) < 4.78 is 5.38. The number of ether oxygens (including phenoxy) is 1. The fourth-order valence-corrected chi connectivity index (χ4v) is 2.29. The van der Waals surface area contributed by atoms with Crippen LogP contribution in [0.1, 0.15) is 67.2 Å². The van der Waals surface area contributed by atoms with Crippen LogP contribution in [0.15, 0.2) is 23.8 Å². The number of rotatable bonds is 3. The molecule has 1 saturated heterocycles. The minimum atomic E-state index is -0.0158. The molecule has 0 aromatic carbocycles. The number of hydrogen-bond acceptors (Lipinski definition) is 3. The van der Waals surface area contributed by atoms with E-state index in [0.717, 1.165) is 44.3 Å². The standard InChI is InChI=1S/C14H21NO2.3C2H6/c1-15-9-7-13(8-10-15)14(16)17-11-12-5-3-2-4-6-12;3*1-2/h3,5-6,13H,2,4,7-11H2,1H3;3*1-2H3. The van der Waals surface area contributed by atoms with Gasteiger partial charge in [0.1, 0.15) is 6.61 Å². The van der Waals surface area contributed by atoms with E-state index in [9.17, 15) is 4.79 Å². The normalized spacial score (nSPS) is 17.3. The Morgan fingerprint density at radius 1 is 1.09 bits per heavy atom. The van der Waals surface area contributed by atoms with Crippen LogP contribution in [-0.2, 0) is 9.53 Å². The van der Waals surface area contributed by atoms with Gasteiger partial charge < -0.3 is 9.64 Å². The Bertz CT molecular complexity index is 327. The third kappa shape index (κ3) is 11.1. The van der Waals surface area contributed by atoms with E-state index < -0.39 is 0 Å². The second-order valence-electron chi connectivity index (χ2n) is 4.94. The minimum absolute atomic E-state index is 0.0158. The first-order chi connectivity index (χ1) is 11.3. The van der Waals surface area contributed by atoms with E-state index in [-0.39, 0.29) is 11.9 Å². The van der Waals surface area contributed by atoms with Crippen molar-refractivity contribution in [2.24, 2.45) is 5.92 Å². The highest BCUT2D eigenvalue weighted by Gasteiger charge is 2.24. The fraction of sp³-hybridized carbons (Fsp3) is 0.750. The fourth-order valence-electron chi connectivity index (χ4n) is 2.29. The van der Waals surface area contributed by atoms with Crippen molar-refractivity contribution in [3.05, 3.63) is 23.8 Å². The maximum atomic E-state index is 11.9. The lowest BCUT2D eigenvalue weighted by Crippen LogP contribution is -2.34. The first kappa shape index (κ1) is 24.2. The maximum absolute atomic E-state index is 11.9. The van der Waals surface area contributed by atoms with Gasteiger partial charge in [0.05, 0.1) is 5.92 Å². The van der Waals surface area contributed by atoms with Gasteiger partial charge in [0, 0.05) is 0 Å². The summed E-state index contributed by atoms with van der Waals surface area (Å²) >= 11 is 0. The Morgan fingerprint density at radius 2 is 1.65 bits per heavy atom. The predicted octanol–water partition coefficient (Wildman–Crippen LogP) is 5.23. The number of carbonyl (C=O) groups is 1. The van der Waals surface area contributed by atoms with E-state index in [1.54, 1.807) is 0 Å². The van der Waals surface area contributed by atoms with Gasteiger partial charge in [-0.2, -0.15) is 0 Å². The highest BCUT2D eigenvalue weighted by Crippen LogP contribution is 2.18. The van der Waals surface area contributed by atoms with Crippen LogP contribution in [0.4, 0.5) is 0 Å². The lowest BCUT2D eigenvalue weighted by Gasteiger charge is -2.27. The molecule has 0 bridgehead atoms. The molecule has 1 fully saturated rings. The predicted molar refractivity (Wildman–Crippen MR) is 102 cm³/mol. The number of likely N-dealkylation sites (tertiary alicyclic amines) is 1. The number of hydrogen-bond donors (Lipinski definition) is 0. The molecule has 3 nitrogen and oxygen atoms in total. The quantitative estimate of drug-likeness (QED) is 0.666. The van der Waals surface area contributed by atoms with Gasteiger partial charge in [0.2, 0.25) is 0 Å². The van der Waals surface area contributed by atoms with Crippen LogP contribution in [0.5, 0.6) is 0 Å². The summed E-state index contributed by atoms with van der Waals surface area (Å²) in [4.78, 5) is 14.1. The zero-order valence-electron chi connectivity index (χ0n) is 16.5. The number of allylic oxidation sites excluding steroid dienone is 2. The Balaban J connectivity index is 0. The molecule has 0 N–H and O–H groups in total. The third-order valence-corrected chi connectivity index (χ3v) is 3.50. The molecule has 136 valence electrons. The van der Waals surface area contributed by atoms with Gasteiger partial charge >= 0.3 is 5.97 Å². The third-order valence-electron chi connectivity index (χ3n) is 3.50. The number of nitrogens with zero attached hydrogens (tertiary/aromatic N) is 1. The first-order valence-corrected chi connectivity index (χ1v) is 9.46. The van der Waals surface area contributed by atoms with Gasteiger partial charge in [0.25, 0.3) is 0 Å². The molecule has 0 atom stereocenters. The Kier molecular flexibility index (Phi) is 18.1. The number of piperidine rings is 1. The maximum Gasteiger partial charge on any atom is 0.309 e. The molecule has 1 heterocycles. The molecule has 2 aliphatic rings. The summed E-state index contributed by atoms with van der Waals surface area (Å²) in [6, 6.07) is 0. The zero-order valence-corrected chi connectivity index (χ0v) is 16.5. The summed E-state index contributed by atoms with van der Waals surface area (Å²) in [5.41, 5.74) is 1.14. The van der Waals surface area contributed by atoms with Crippen molar-refractivity contribution in [1.29, 1.82) is 0 Å². The minimum Gasteiger partial charge on any atom is -0.461 e. The van der Waals surface area contributed by atoms with Crippen LogP contribution in [0.2, 0.25) is 0 Å². The van der Waals surface area contributed by atoms with Gasteiger partial charge in [-0.05, 0) is 51.4 Å². The molecule has 1 aliphatic heterocycles. The van der Waals surface area contributed by atoms with E-state index in [4.69, 9.17) is 4.74 Å². The van der Waals surface area contributed by atoms with Crippen LogP contribution in [0.25, 0.3) is 0 Å². The van der Waals surface area contributed by atoms with Crippen molar-refractivity contribution < 1.29 is 9.53 Å². The second kappa shape index (κ2) is 17.3. The van der Waals surface area contributed by atoms with Crippen LogP contribution in [-0.4, -0.2) is 37.6 Å². The van der Waals surface area contributed by atoms with Crippen LogP contribution < -0.4 is 0 Å². The van der Waals surface area contributed by atoms with Gasteiger partial charge in [-0.15, -0.1) is 0 Å². The molecule has 2 rings (SSSR count). The summed E-state index contributed by atoms with van der Waals surface area (Å²) in [5, 5.41) is 0. The molecule has 1 aliphatic carbocycles. The molecular weight excluding hydrogens is 286 g/mol. The van der Waals surface area contributed by atoms with Crippen LogP contribution >= 0.6 is 0 Å². The Labute approximate surface area is 144 Å². The van der Waals surface area contributed by atoms with Crippen LogP contribution in [0.3, 0.4) is 0 Å². The van der Waals surface area contributed by atoms with Crippen molar-refractivity contribution in [2.75, 3.05) is 26.7 Å². The van der Waals surface area contributed by atoms with Crippen molar-refractivity contribution in [1.82, 2.24) is 4.90 Å². The van der Waals surface area contributed by atoms with E-state index in [0.29, 0.717) is 6.61 Å². The molecule has 0 unspecified atom stereocenters. The topological polar surface area (TPSA) is 29.5 Å². The van der Waals surface area contributed by atoms with Crippen molar-refractivity contribution in [2.45, 2.75) is 67.2 Å². The summed E-state index contributed by atoms with van der Waals surface area (Å²) in [6.45, 7) is 14.5. The Hall–Kier alpha value is -1.09. The lowest BCUT2D eigenvalue weighted by molar-refractivity contribution is -0.149. The molecule has 0 aromatic rings. The molecule has 3 heteroatoms. The number of esters is 1. The molecule has 0 amide bonds. The molecule has 23 heavy (non-hydrogen) atoms. The van der Waals surface area contributed by atoms with E-state index in [1.807, 2.05) is 41.5 Å².